The van der Waals surface area contributed by atoms with Crippen molar-refractivity contribution < 1.29 is 0 Å². The van der Waals surface area contributed by atoms with E-state index in [9.17, 15) is 0 Å². The van der Waals surface area contributed by atoms with Gasteiger partial charge in [-0.05, 0) is 30.4 Å². The molecule has 0 spiro atoms. The Labute approximate surface area is 119 Å². The SMILES string of the molecule is CC1CC(C)CN(c2cc(C#N)c(C#N)cc2Cl)C1. The van der Waals surface area contributed by atoms with Crippen molar-refractivity contribution in [3.05, 3.63) is 28.3 Å². The lowest BCUT2D eigenvalue weighted by molar-refractivity contribution is 0.357. The van der Waals surface area contributed by atoms with Gasteiger partial charge in [-0.2, -0.15) is 10.5 Å². The van der Waals surface area contributed by atoms with Crippen LogP contribution in [0.25, 0.3) is 0 Å². The van der Waals surface area contributed by atoms with Gasteiger partial charge in [-0.25, -0.2) is 0 Å². The minimum atomic E-state index is 0.342. The van der Waals surface area contributed by atoms with E-state index < -0.39 is 0 Å². The van der Waals surface area contributed by atoms with Crippen LogP contribution in [0, 0.1) is 34.5 Å². The number of rotatable bonds is 1. The smallest absolute Gasteiger partial charge is 0.101 e. The fourth-order valence-electron chi connectivity index (χ4n) is 2.85. The first-order chi connectivity index (χ1) is 9.05. The van der Waals surface area contributed by atoms with Crippen molar-refractivity contribution in [3.63, 3.8) is 0 Å². The van der Waals surface area contributed by atoms with E-state index in [1.807, 2.05) is 6.07 Å². The molecule has 0 N–H and O–H groups in total. The molecule has 0 bridgehead atoms. The predicted molar refractivity (Wildman–Crippen MR) is 76.0 cm³/mol. The number of piperidine rings is 1. The second kappa shape index (κ2) is 5.51. The minimum Gasteiger partial charge on any atom is -0.370 e. The Morgan fingerprint density at radius 2 is 1.63 bits per heavy atom. The first-order valence-electron chi connectivity index (χ1n) is 6.43. The number of benzene rings is 1. The summed E-state index contributed by atoms with van der Waals surface area (Å²) in [4.78, 5) is 2.23. The summed E-state index contributed by atoms with van der Waals surface area (Å²) in [6.45, 7) is 6.35. The van der Waals surface area contributed by atoms with Gasteiger partial charge in [-0.1, -0.05) is 25.4 Å². The van der Waals surface area contributed by atoms with Crippen molar-refractivity contribution in [1.29, 1.82) is 10.5 Å². The minimum absolute atomic E-state index is 0.342. The Bertz CT molecular complexity index is 558. The van der Waals surface area contributed by atoms with Gasteiger partial charge in [0.1, 0.15) is 12.1 Å². The van der Waals surface area contributed by atoms with Crippen LogP contribution in [-0.4, -0.2) is 13.1 Å². The summed E-state index contributed by atoms with van der Waals surface area (Å²) < 4.78 is 0. The molecule has 0 amide bonds. The molecule has 0 aliphatic carbocycles. The van der Waals surface area contributed by atoms with Gasteiger partial charge < -0.3 is 4.90 Å². The highest BCUT2D eigenvalue weighted by Crippen LogP contribution is 2.33. The highest BCUT2D eigenvalue weighted by Gasteiger charge is 2.24. The summed E-state index contributed by atoms with van der Waals surface area (Å²) in [7, 11) is 0. The van der Waals surface area contributed by atoms with Gasteiger partial charge in [-0.15, -0.1) is 0 Å². The number of nitriles is 2. The Balaban J connectivity index is 2.40. The third-order valence-electron chi connectivity index (χ3n) is 3.54. The van der Waals surface area contributed by atoms with Crippen molar-refractivity contribution in [2.75, 3.05) is 18.0 Å². The molecule has 0 radical (unpaired) electrons. The molecule has 1 fully saturated rings. The van der Waals surface area contributed by atoms with Crippen LogP contribution in [0.5, 0.6) is 0 Å². The summed E-state index contributed by atoms with van der Waals surface area (Å²) in [5.74, 6) is 1.22. The Morgan fingerprint density at radius 3 is 2.16 bits per heavy atom. The first kappa shape index (κ1) is 13.7. The molecule has 1 aromatic rings. The monoisotopic (exact) mass is 273 g/mol. The Morgan fingerprint density at radius 1 is 1.11 bits per heavy atom. The van der Waals surface area contributed by atoms with Gasteiger partial charge in [0.05, 0.1) is 21.8 Å². The summed E-state index contributed by atoms with van der Waals surface area (Å²) in [6.07, 6.45) is 1.22. The van der Waals surface area contributed by atoms with Gasteiger partial charge >= 0.3 is 0 Å². The van der Waals surface area contributed by atoms with E-state index in [1.165, 1.54) is 6.42 Å². The molecule has 0 saturated carbocycles. The Hall–Kier alpha value is -1.71. The van der Waals surface area contributed by atoms with Crippen LogP contribution in [0.4, 0.5) is 5.69 Å². The number of hydrogen-bond donors (Lipinski definition) is 0. The van der Waals surface area contributed by atoms with Gasteiger partial charge in [0.2, 0.25) is 0 Å². The van der Waals surface area contributed by atoms with E-state index in [1.54, 1.807) is 12.1 Å². The number of halogens is 1. The normalized spacial score (nSPS) is 22.7. The molecule has 4 heteroatoms. The number of nitrogens with zero attached hydrogens (tertiary/aromatic N) is 3. The first-order valence-corrected chi connectivity index (χ1v) is 6.81. The largest absolute Gasteiger partial charge is 0.370 e. The predicted octanol–water partition coefficient (Wildman–Crippen LogP) is 3.57. The molecule has 98 valence electrons. The highest BCUT2D eigenvalue weighted by atomic mass is 35.5. The van der Waals surface area contributed by atoms with Crippen molar-refractivity contribution >= 4 is 17.3 Å². The lowest BCUT2D eigenvalue weighted by atomic mass is 9.91. The standard InChI is InChI=1S/C15H16ClN3/c1-10-3-11(2)9-19(8-10)15-5-13(7-18)12(6-17)4-14(15)16/h4-5,10-11H,3,8-9H2,1-2H3. The van der Waals surface area contributed by atoms with E-state index in [2.05, 4.69) is 24.8 Å². The molecular formula is C15H16ClN3. The van der Waals surface area contributed by atoms with Crippen LogP contribution in [-0.2, 0) is 0 Å². The molecular weight excluding hydrogens is 258 g/mol. The fraction of sp³-hybridized carbons (Fsp3) is 0.467. The molecule has 1 aliphatic rings. The van der Waals surface area contributed by atoms with Crippen molar-refractivity contribution in [2.24, 2.45) is 11.8 Å². The van der Waals surface area contributed by atoms with Gasteiger partial charge in [0.15, 0.2) is 0 Å². The molecule has 0 aromatic heterocycles. The van der Waals surface area contributed by atoms with E-state index in [0.29, 0.717) is 28.0 Å². The molecule has 1 heterocycles. The van der Waals surface area contributed by atoms with Crippen LogP contribution < -0.4 is 4.90 Å². The lowest BCUT2D eigenvalue weighted by Gasteiger charge is -2.37. The number of hydrogen-bond acceptors (Lipinski definition) is 3. The number of anilines is 1. The van der Waals surface area contributed by atoms with E-state index in [4.69, 9.17) is 22.1 Å². The average molecular weight is 274 g/mol. The van der Waals surface area contributed by atoms with Gasteiger partial charge in [0, 0.05) is 13.1 Å². The molecule has 2 unspecified atom stereocenters. The van der Waals surface area contributed by atoms with Crippen LogP contribution >= 0.6 is 11.6 Å². The third kappa shape index (κ3) is 2.83. The molecule has 1 aromatic carbocycles. The molecule has 3 nitrogen and oxygen atoms in total. The van der Waals surface area contributed by atoms with E-state index >= 15 is 0 Å². The fourth-order valence-corrected chi connectivity index (χ4v) is 3.13. The molecule has 1 aliphatic heterocycles. The molecule has 2 rings (SSSR count). The van der Waals surface area contributed by atoms with Crippen LogP contribution in [0.3, 0.4) is 0 Å². The van der Waals surface area contributed by atoms with Crippen LogP contribution in [0.15, 0.2) is 12.1 Å². The maximum atomic E-state index is 9.10. The second-order valence-corrected chi connectivity index (χ2v) is 5.83. The summed E-state index contributed by atoms with van der Waals surface area (Å²) in [5, 5.41) is 18.6. The molecule has 1 saturated heterocycles. The zero-order valence-corrected chi connectivity index (χ0v) is 11.9. The van der Waals surface area contributed by atoms with Gasteiger partial charge in [-0.3, -0.25) is 0 Å². The topological polar surface area (TPSA) is 50.8 Å². The van der Waals surface area contributed by atoms with Crippen molar-refractivity contribution in [1.82, 2.24) is 0 Å². The van der Waals surface area contributed by atoms with E-state index in [-0.39, 0.29) is 0 Å². The quantitative estimate of drug-likeness (QED) is 0.786. The Kier molecular flexibility index (Phi) is 3.98. The maximum Gasteiger partial charge on any atom is 0.101 e. The van der Waals surface area contributed by atoms with Gasteiger partial charge in [0.25, 0.3) is 0 Å². The zero-order valence-electron chi connectivity index (χ0n) is 11.2. The molecule has 19 heavy (non-hydrogen) atoms. The average Bonchev–Trinajstić information content (AvgIpc) is 2.37. The van der Waals surface area contributed by atoms with E-state index in [0.717, 1.165) is 18.8 Å². The lowest BCUT2D eigenvalue weighted by Crippen LogP contribution is -2.38. The summed E-state index contributed by atoms with van der Waals surface area (Å²) >= 11 is 6.26. The van der Waals surface area contributed by atoms with Crippen molar-refractivity contribution in [2.45, 2.75) is 20.3 Å². The second-order valence-electron chi connectivity index (χ2n) is 5.42. The van der Waals surface area contributed by atoms with Crippen molar-refractivity contribution in [3.8, 4) is 12.1 Å². The summed E-state index contributed by atoms with van der Waals surface area (Å²) in [5.41, 5.74) is 1.61. The third-order valence-corrected chi connectivity index (χ3v) is 3.84. The van der Waals surface area contributed by atoms with Crippen LogP contribution in [0.2, 0.25) is 5.02 Å². The van der Waals surface area contributed by atoms with Crippen LogP contribution in [0.1, 0.15) is 31.4 Å². The highest BCUT2D eigenvalue weighted by molar-refractivity contribution is 6.33. The zero-order chi connectivity index (χ0) is 14.0. The maximum absolute atomic E-state index is 9.10. The summed E-state index contributed by atoms with van der Waals surface area (Å²) in [6, 6.07) is 7.42. The molecule has 2 atom stereocenters.